The van der Waals surface area contributed by atoms with E-state index in [0.717, 1.165) is 16.3 Å². The Kier molecular flexibility index (Phi) is 4.66. The average molecular weight is 365 g/mol. The van der Waals surface area contributed by atoms with E-state index in [4.69, 9.17) is 0 Å². The van der Waals surface area contributed by atoms with Gasteiger partial charge in [0.2, 0.25) is 10.9 Å². The van der Waals surface area contributed by atoms with Gasteiger partial charge in [-0.25, -0.2) is 14.5 Å². The van der Waals surface area contributed by atoms with Gasteiger partial charge in [0.1, 0.15) is 5.51 Å². The molecule has 0 radical (unpaired) electrons. The highest BCUT2D eigenvalue weighted by atomic mass is 32.1. The molecule has 3 aromatic heterocycles. The summed E-state index contributed by atoms with van der Waals surface area (Å²) in [6.45, 7) is 8.47. The maximum Gasteiger partial charge on any atom is 0.240 e. The Hall–Kier alpha value is -1.84. The largest absolute Gasteiger partial charge is 0.301 e. The standard InChI is InChI=1S/C15H20N6OS2/c1-9(10-6-21-14(18-10)24-8-17-21)16-5-12(22)20-13-19-11(7-23-13)15(2,3)4/h6-9,16H,5H2,1-4H3,(H,19,20,22)/t9-/m1/s1. The van der Waals surface area contributed by atoms with E-state index in [9.17, 15) is 4.79 Å². The van der Waals surface area contributed by atoms with Crippen molar-refractivity contribution in [2.24, 2.45) is 0 Å². The molecular weight excluding hydrogens is 344 g/mol. The molecule has 3 heterocycles. The SMILES string of the molecule is C[C@@H](NCC(=O)Nc1nc(C(C)(C)C)cs1)c1cn2ncsc2n1. The van der Waals surface area contributed by atoms with Crippen molar-refractivity contribution < 1.29 is 4.79 Å². The molecule has 0 aromatic carbocycles. The lowest BCUT2D eigenvalue weighted by Crippen LogP contribution is -2.30. The Bertz CT molecular complexity index is 815. The smallest absolute Gasteiger partial charge is 0.240 e. The summed E-state index contributed by atoms with van der Waals surface area (Å²) in [6, 6.07) is -0.0360. The predicted octanol–water partition coefficient (Wildman–Crippen LogP) is 2.83. The molecule has 0 saturated heterocycles. The highest BCUT2D eigenvalue weighted by molar-refractivity contribution is 7.14. The second kappa shape index (κ2) is 6.58. The van der Waals surface area contributed by atoms with Gasteiger partial charge in [0.05, 0.1) is 24.1 Å². The number of nitrogens with one attached hydrogen (secondary N) is 2. The fourth-order valence-corrected chi connectivity index (χ4v) is 3.62. The normalized spacial score (nSPS) is 13.3. The number of rotatable bonds is 5. The third-order valence-electron chi connectivity index (χ3n) is 3.54. The minimum absolute atomic E-state index is 0.0196. The first-order chi connectivity index (χ1) is 11.3. The minimum atomic E-state index is -0.115. The molecule has 0 aliphatic heterocycles. The van der Waals surface area contributed by atoms with Crippen LogP contribution >= 0.6 is 22.7 Å². The predicted molar refractivity (Wildman–Crippen MR) is 96.7 cm³/mol. The van der Waals surface area contributed by atoms with E-state index in [1.54, 1.807) is 10.0 Å². The Balaban J connectivity index is 1.53. The number of carbonyl (C=O) groups is 1. The van der Waals surface area contributed by atoms with Crippen LogP contribution in [0.5, 0.6) is 0 Å². The van der Waals surface area contributed by atoms with Gasteiger partial charge in [-0.3, -0.25) is 4.79 Å². The van der Waals surface area contributed by atoms with Crippen LogP contribution in [0.4, 0.5) is 5.13 Å². The second-order valence-electron chi connectivity index (χ2n) is 6.57. The third-order valence-corrected chi connectivity index (χ3v) is 4.98. The zero-order valence-electron chi connectivity index (χ0n) is 14.0. The van der Waals surface area contributed by atoms with Gasteiger partial charge in [-0.2, -0.15) is 5.10 Å². The summed E-state index contributed by atoms with van der Waals surface area (Å²) < 4.78 is 1.74. The van der Waals surface area contributed by atoms with Gasteiger partial charge in [0.15, 0.2) is 5.13 Å². The second-order valence-corrected chi connectivity index (χ2v) is 8.24. The highest BCUT2D eigenvalue weighted by Gasteiger charge is 2.18. The van der Waals surface area contributed by atoms with Crippen LogP contribution in [-0.4, -0.2) is 32.0 Å². The van der Waals surface area contributed by atoms with Crippen LogP contribution in [0, 0.1) is 0 Å². The molecule has 3 rings (SSSR count). The van der Waals surface area contributed by atoms with E-state index >= 15 is 0 Å². The number of fused-ring (bicyclic) bond motifs is 1. The Morgan fingerprint density at radius 3 is 2.79 bits per heavy atom. The highest BCUT2D eigenvalue weighted by Crippen LogP contribution is 2.26. The monoisotopic (exact) mass is 364 g/mol. The van der Waals surface area contributed by atoms with Gasteiger partial charge >= 0.3 is 0 Å². The molecule has 0 unspecified atom stereocenters. The van der Waals surface area contributed by atoms with Crippen molar-refractivity contribution in [1.82, 2.24) is 24.9 Å². The van der Waals surface area contributed by atoms with Crippen molar-refractivity contribution >= 4 is 38.7 Å². The number of imidazole rings is 1. The van der Waals surface area contributed by atoms with Crippen molar-refractivity contribution in [2.75, 3.05) is 11.9 Å². The number of amides is 1. The van der Waals surface area contributed by atoms with E-state index in [1.165, 1.54) is 22.7 Å². The van der Waals surface area contributed by atoms with Crippen molar-refractivity contribution in [1.29, 1.82) is 0 Å². The zero-order valence-corrected chi connectivity index (χ0v) is 15.7. The first kappa shape index (κ1) is 17.0. The van der Waals surface area contributed by atoms with Crippen molar-refractivity contribution in [3.05, 3.63) is 28.5 Å². The van der Waals surface area contributed by atoms with Gasteiger partial charge in [-0.15, -0.1) is 11.3 Å². The van der Waals surface area contributed by atoms with Gasteiger partial charge in [-0.1, -0.05) is 32.1 Å². The van der Waals surface area contributed by atoms with E-state index in [2.05, 4.69) is 46.5 Å². The summed E-state index contributed by atoms with van der Waals surface area (Å²) in [7, 11) is 0. The molecule has 1 amide bonds. The third kappa shape index (κ3) is 3.80. The van der Waals surface area contributed by atoms with Crippen LogP contribution in [0.25, 0.3) is 4.96 Å². The van der Waals surface area contributed by atoms with Crippen LogP contribution in [0.3, 0.4) is 0 Å². The van der Waals surface area contributed by atoms with Gasteiger partial charge in [0.25, 0.3) is 0 Å². The van der Waals surface area contributed by atoms with E-state index in [0.29, 0.717) is 5.13 Å². The summed E-state index contributed by atoms with van der Waals surface area (Å²) >= 11 is 2.93. The molecule has 0 fully saturated rings. The van der Waals surface area contributed by atoms with E-state index in [-0.39, 0.29) is 23.9 Å². The number of thiazole rings is 1. The summed E-state index contributed by atoms with van der Waals surface area (Å²) in [6.07, 6.45) is 1.87. The fraction of sp³-hybridized carbons (Fsp3) is 0.467. The molecule has 24 heavy (non-hydrogen) atoms. The van der Waals surface area contributed by atoms with Crippen LogP contribution in [0.2, 0.25) is 0 Å². The number of nitrogens with zero attached hydrogens (tertiary/aromatic N) is 4. The molecule has 128 valence electrons. The van der Waals surface area contributed by atoms with Crippen LogP contribution in [-0.2, 0) is 10.2 Å². The number of hydrogen-bond acceptors (Lipinski definition) is 7. The lowest BCUT2D eigenvalue weighted by Gasteiger charge is -2.14. The summed E-state index contributed by atoms with van der Waals surface area (Å²) in [5.74, 6) is -0.115. The van der Waals surface area contributed by atoms with Crippen molar-refractivity contribution in [2.45, 2.75) is 39.2 Å². The van der Waals surface area contributed by atoms with Gasteiger partial charge in [0, 0.05) is 16.8 Å². The topological polar surface area (TPSA) is 84.2 Å². The first-order valence-corrected chi connectivity index (χ1v) is 9.37. The van der Waals surface area contributed by atoms with Crippen LogP contribution < -0.4 is 10.6 Å². The molecule has 3 aromatic rings. The number of hydrogen-bond donors (Lipinski definition) is 2. The molecule has 0 aliphatic carbocycles. The molecular formula is C15H20N6OS2. The average Bonchev–Trinajstić information content (AvgIpc) is 3.18. The lowest BCUT2D eigenvalue weighted by atomic mass is 9.93. The minimum Gasteiger partial charge on any atom is -0.301 e. The van der Waals surface area contributed by atoms with Crippen molar-refractivity contribution in [3.8, 4) is 0 Å². The van der Waals surface area contributed by atoms with Crippen LogP contribution in [0.15, 0.2) is 17.1 Å². The first-order valence-electron chi connectivity index (χ1n) is 7.61. The summed E-state index contributed by atoms with van der Waals surface area (Å²) in [5.41, 5.74) is 3.58. The molecule has 0 bridgehead atoms. The van der Waals surface area contributed by atoms with Crippen LogP contribution in [0.1, 0.15) is 45.1 Å². The van der Waals surface area contributed by atoms with Gasteiger partial charge < -0.3 is 10.6 Å². The number of aromatic nitrogens is 4. The maximum atomic E-state index is 12.1. The molecule has 0 aliphatic rings. The molecule has 9 heteroatoms. The Labute approximate surface area is 148 Å². The van der Waals surface area contributed by atoms with Crippen molar-refractivity contribution in [3.63, 3.8) is 0 Å². The lowest BCUT2D eigenvalue weighted by molar-refractivity contribution is -0.115. The van der Waals surface area contributed by atoms with E-state index in [1.807, 2.05) is 18.5 Å². The zero-order chi connectivity index (χ0) is 17.3. The summed E-state index contributed by atoms with van der Waals surface area (Å²) in [4.78, 5) is 21.9. The molecule has 0 spiro atoms. The quantitative estimate of drug-likeness (QED) is 0.727. The Morgan fingerprint density at radius 1 is 1.33 bits per heavy atom. The van der Waals surface area contributed by atoms with E-state index < -0.39 is 0 Å². The molecule has 0 saturated carbocycles. The summed E-state index contributed by atoms with van der Waals surface area (Å²) in [5, 5.41) is 12.8. The molecule has 7 nitrogen and oxygen atoms in total. The maximum absolute atomic E-state index is 12.1. The Morgan fingerprint density at radius 2 is 2.12 bits per heavy atom. The number of carbonyl (C=O) groups excluding carboxylic acids is 1. The molecule has 1 atom stereocenters. The molecule has 2 N–H and O–H groups in total. The van der Waals surface area contributed by atoms with Gasteiger partial charge in [-0.05, 0) is 6.92 Å². The fourth-order valence-electron chi connectivity index (χ4n) is 2.05. The number of anilines is 1.